The number of carbonyl (C=O) groups is 2. The number of ketones is 2. The van der Waals surface area contributed by atoms with Gasteiger partial charge in [-0.25, -0.2) is 0 Å². The van der Waals surface area contributed by atoms with Crippen LogP contribution in [0.1, 0.15) is 43.2 Å². The Morgan fingerprint density at radius 3 is 2.41 bits per heavy atom. The molecule has 0 aliphatic heterocycles. The van der Waals surface area contributed by atoms with Gasteiger partial charge in [0.1, 0.15) is 5.92 Å². The highest BCUT2D eigenvalue weighted by Crippen LogP contribution is 2.45. The molecule has 2 fully saturated rings. The molecule has 2 aromatic carbocycles. The van der Waals surface area contributed by atoms with Crippen molar-refractivity contribution in [1.82, 2.24) is 0 Å². The average Bonchev–Trinajstić information content (AvgIpc) is 3.32. The second-order valence-corrected chi connectivity index (χ2v) is 8.94. The van der Waals surface area contributed by atoms with Crippen molar-refractivity contribution in [3.8, 4) is 10.4 Å². The topological polar surface area (TPSA) is 34.1 Å². The minimum Gasteiger partial charge on any atom is -0.298 e. The van der Waals surface area contributed by atoms with Crippen LogP contribution in [0.2, 0.25) is 0 Å². The summed E-state index contributed by atoms with van der Waals surface area (Å²) in [5.41, 5.74) is 3.20. The number of Topliss-reactive ketones (excluding diaryl/α,β-unsaturated/α-hetero) is 2. The molecule has 2 unspecified atom stereocenters. The van der Waals surface area contributed by atoms with Crippen molar-refractivity contribution in [1.29, 1.82) is 0 Å². The molecule has 1 aromatic heterocycles. The van der Waals surface area contributed by atoms with E-state index in [-0.39, 0.29) is 23.4 Å². The van der Waals surface area contributed by atoms with Gasteiger partial charge in [-0.2, -0.15) is 0 Å². The maximum absolute atomic E-state index is 13.0. The van der Waals surface area contributed by atoms with Crippen molar-refractivity contribution < 1.29 is 9.59 Å². The summed E-state index contributed by atoms with van der Waals surface area (Å²) in [7, 11) is 0. The molecule has 2 bridgehead atoms. The Morgan fingerprint density at radius 2 is 1.70 bits per heavy atom. The van der Waals surface area contributed by atoms with E-state index in [0.29, 0.717) is 0 Å². The van der Waals surface area contributed by atoms with Crippen LogP contribution in [-0.2, 0) is 16.0 Å². The van der Waals surface area contributed by atoms with Crippen LogP contribution < -0.4 is 0 Å². The average molecular weight is 375 g/mol. The number of thiophene rings is 1. The summed E-state index contributed by atoms with van der Waals surface area (Å²) in [5.74, 6) is -0.0276. The van der Waals surface area contributed by atoms with E-state index in [1.54, 1.807) is 11.3 Å². The van der Waals surface area contributed by atoms with Gasteiger partial charge in [0.2, 0.25) is 0 Å². The second-order valence-electron chi connectivity index (χ2n) is 7.86. The SMILES string of the molecule is CCc1ccc(-c2cc3ccccc3s2)cc1C1C(=O)C2CCC(C2)C1=O. The van der Waals surface area contributed by atoms with E-state index < -0.39 is 5.92 Å². The first-order valence-corrected chi connectivity index (χ1v) is 10.7. The van der Waals surface area contributed by atoms with Gasteiger partial charge in [-0.1, -0.05) is 37.3 Å². The van der Waals surface area contributed by atoms with Crippen molar-refractivity contribution in [3.63, 3.8) is 0 Å². The van der Waals surface area contributed by atoms with Crippen LogP contribution in [0, 0.1) is 11.8 Å². The maximum Gasteiger partial charge on any atom is 0.150 e. The van der Waals surface area contributed by atoms with E-state index in [4.69, 9.17) is 0 Å². The Bertz CT molecular complexity index is 1010. The highest BCUT2D eigenvalue weighted by atomic mass is 32.1. The molecule has 2 aliphatic rings. The number of fused-ring (bicyclic) bond motifs is 3. The van der Waals surface area contributed by atoms with Gasteiger partial charge in [-0.15, -0.1) is 11.3 Å². The molecule has 2 saturated carbocycles. The first-order chi connectivity index (χ1) is 13.2. The molecular formula is C24H22O2S. The van der Waals surface area contributed by atoms with E-state index in [9.17, 15) is 9.59 Å². The molecule has 27 heavy (non-hydrogen) atoms. The van der Waals surface area contributed by atoms with Gasteiger partial charge in [-0.05, 0) is 66.0 Å². The smallest absolute Gasteiger partial charge is 0.150 e. The molecule has 0 radical (unpaired) electrons. The summed E-state index contributed by atoms with van der Waals surface area (Å²) in [6.07, 6.45) is 3.41. The molecule has 3 aromatic rings. The largest absolute Gasteiger partial charge is 0.298 e. The first kappa shape index (κ1) is 16.9. The Morgan fingerprint density at radius 1 is 0.963 bits per heavy atom. The summed E-state index contributed by atoms with van der Waals surface area (Å²) in [4.78, 5) is 27.3. The van der Waals surface area contributed by atoms with Gasteiger partial charge >= 0.3 is 0 Å². The summed E-state index contributed by atoms with van der Waals surface area (Å²) in [5, 5.41) is 1.24. The fourth-order valence-electron chi connectivity index (χ4n) is 4.88. The van der Waals surface area contributed by atoms with Crippen LogP contribution in [-0.4, -0.2) is 11.6 Å². The minimum absolute atomic E-state index is 0.0930. The lowest BCUT2D eigenvalue weighted by atomic mass is 9.73. The van der Waals surface area contributed by atoms with Crippen LogP contribution in [0.5, 0.6) is 0 Å². The fourth-order valence-corrected chi connectivity index (χ4v) is 5.94. The molecule has 2 atom stereocenters. The van der Waals surface area contributed by atoms with E-state index in [1.165, 1.54) is 15.0 Å². The monoisotopic (exact) mass is 374 g/mol. The number of hydrogen-bond acceptors (Lipinski definition) is 3. The van der Waals surface area contributed by atoms with E-state index in [0.717, 1.165) is 42.4 Å². The quantitative estimate of drug-likeness (QED) is 0.544. The predicted molar refractivity (Wildman–Crippen MR) is 110 cm³/mol. The predicted octanol–water partition coefficient (Wildman–Crippen LogP) is 5.78. The molecule has 2 aliphatic carbocycles. The lowest BCUT2D eigenvalue weighted by molar-refractivity contribution is -0.135. The van der Waals surface area contributed by atoms with Crippen molar-refractivity contribution in [2.45, 2.75) is 38.5 Å². The Labute approximate surface area is 163 Å². The molecule has 0 saturated heterocycles. The maximum atomic E-state index is 13.0. The Balaban J connectivity index is 1.62. The lowest BCUT2D eigenvalue weighted by Crippen LogP contribution is -2.35. The molecule has 0 N–H and O–H groups in total. The zero-order valence-corrected chi connectivity index (χ0v) is 16.2. The van der Waals surface area contributed by atoms with Crippen molar-refractivity contribution >= 4 is 33.0 Å². The van der Waals surface area contributed by atoms with Crippen LogP contribution in [0.15, 0.2) is 48.5 Å². The fraction of sp³-hybridized carbons (Fsp3) is 0.333. The molecular weight excluding hydrogens is 352 g/mol. The number of rotatable bonds is 3. The molecule has 1 heterocycles. The van der Waals surface area contributed by atoms with Crippen molar-refractivity contribution in [2.24, 2.45) is 11.8 Å². The third-order valence-corrected chi connectivity index (χ3v) is 7.52. The van der Waals surface area contributed by atoms with Crippen molar-refractivity contribution in [2.75, 3.05) is 0 Å². The molecule has 0 spiro atoms. The number of aryl methyl sites for hydroxylation is 1. The molecule has 2 nitrogen and oxygen atoms in total. The third-order valence-electron chi connectivity index (χ3n) is 6.35. The van der Waals surface area contributed by atoms with E-state index in [2.05, 4.69) is 55.5 Å². The molecule has 136 valence electrons. The highest BCUT2D eigenvalue weighted by Gasteiger charge is 2.47. The summed E-state index contributed by atoms with van der Waals surface area (Å²) in [6, 6.07) is 17.0. The van der Waals surface area contributed by atoms with Crippen LogP contribution >= 0.6 is 11.3 Å². The van der Waals surface area contributed by atoms with Gasteiger partial charge in [-0.3, -0.25) is 9.59 Å². The first-order valence-electron chi connectivity index (χ1n) is 9.85. The number of benzene rings is 2. The highest BCUT2D eigenvalue weighted by molar-refractivity contribution is 7.22. The number of hydrogen-bond donors (Lipinski definition) is 0. The van der Waals surface area contributed by atoms with E-state index in [1.807, 2.05) is 0 Å². The summed E-state index contributed by atoms with van der Waals surface area (Å²) in [6.45, 7) is 2.10. The normalized spacial score (nSPS) is 24.7. The Hall–Kier alpha value is -2.26. The van der Waals surface area contributed by atoms with Gasteiger partial charge < -0.3 is 0 Å². The number of carbonyl (C=O) groups excluding carboxylic acids is 2. The minimum atomic E-state index is -0.541. The summed E-state index contributed by atoms with van der Waals surface area (Å²) < 4.78 is 1.26. The van der Waals surface area contributed by atoms with Gasteiger partial charge in [0.25, 0.3) is 0 Å². The Kier molecular flexibility index (Phi) is 4.01. The van der Waals surface area contributed by atoms with Crippen LogP contribution in [0.3, 0.4) is 0 Å². The lowest BCUT2D eigenvalue weighted by Gasteiger charge is -2.27. The van der Waals surface area contributed by atoms with Crippen LogP contribution in [0.4, 0.5) is 0 Å². The standard InChI is InChI=1S/C24H22O2S/c1-2-14-7-8-16(21-13-15-5-3-4-6-20(15)27-21)12-19(14)22-23(25)17-9-10-18(11-17)24(22)26/h3-8,12-13,17-18,22H,2,9-11H2,1H3. The van der Waals surface area contributed by atoms with Gasteiger partial charge in [0, 0.05) is 21.4 Å². The third kappa shape index (κ3) is 2.68. The summed E-state index contributed by atoms with van der Waals surface area (Å²) >= 11 is 1.76. The molecule has 5 rings (SSSR count). The van der Waals surface area contributed by atoms with Crippen molar-refractivity contribution in [3.05, 3.63) is 59.7 Å². The zero-order valence-electron chi connectivity index (χ0n) is 15.4. The molecule has 3 heteroatoms. The molecule has 0 amide bonds. The van der Waals surface area contributed by atoms with Crippen LogP contribution in [0.25, 0.3) is 20.5 Å². The zero-order chi connectivity index (χ0) is 18.5. The van der Waals surface area contributed by atoms with Gasteiger partial charge in [0.05, 0.1) is 0 Å². The second kappa shape index (κ2) is 6.42. The van der Waals surface area contributed by atoms with Gasteiger partial charge in [0.15, 0.2) is 11.6 Å². The van der Waals surface area contributed by atoms with E-state index >= 15 is 0 Å².